The van der Waals surface area contributed by atoms with Crippen molar-refractivity contribution < 1.29 is 9.84 Å². The fraction of sp³-hybridized carbons (Fsp3) is 0.417. The first kappa shape index (κ1) is 13.2. The van der Waals surface area contributed by atoms with Gasteiger partial charge in [-0.1, -0.05) is 0 Å². The average molecular weight is 236 g/mol. The van der Waals surface area contributed by atoms with Gasteiger partial charge in [0.15, 0.2) is 0 Å². The highest BCUT2D eigenvalue weighted by atomic mass is 16.5. The molecule has 0 aromatic carbocycles. The highest BCUT2D eigenvalue weighted by Crippen LogP contribution is 2.00. The summed E-state index contributed by atoms with van der Waals surface area (Å²) in [7, 11) is 0. The molecule has 1 rings (SSSR count). The van der Waals surface area contributed by atoms with Gasteiger partial charge in [0.2, 0.25) is 5.88 Å². The Hall–Kier alpha value is -1.84. The van der Waals surface area contributed by atoms with E-state index in [1.807, 2.05) is 6.92 Å². The topological polar surface area (TPSA) is 64.3 Å². The molecule has 0 radical (unpaired) electrons. The number of hydrogen-bond acceptors (Lipinski definition) is 4. The number of aromatic nitrogens is 2. The van der Waals surface area contributed by atoms with Gasteiger partial charge in [0, 0.05) is 18.8 Å². The van der Waals surface area contributed by atoms with Gasteiger partial charge in [-0.25, -0.2) is 4.79 Å². The largest absolute Gasteiger partial charge is 0.478 e. The van der Waals surface area contributed by atoms with Crippen molar-refractivity contribution in [3.8, 4) is 5.88 Å². The molecule has 0 saturated carbocycles. The molecule has 0 spiro atoms. The maximum atomic E-state index is 11.5. The molecule has 0 saturated heterocycles. The molecule has 5 nitrogen and oxygen atoms in total. The molecule has 0 aliphatic heterocycles. The maximum Gasteiger partial charge on any atom is 0.350 e. The van der Waals surface area contributed by atoms with E-state index in [1.165, 1.54) is 10.6 Å². The highest BCUT2D eigenvalue weighted by Gasteiger charge is 1.99. The lowest BCUT2D eigenvalue weighted by Crippen LogP contribution is -2.22. The van der Waals surface area contributed by atoms with E-state index in [-0.39, 0.29) is 12.3 Å². The quantitative estimate of drug-likeness (QED) is 0.740. The van der Waals surface area contributed by atoms with Crippen molar-refractivity contribution in [3.63, 3.8) is 0 Å². The van der Waals surface area contributed by atoms with Crippen LogP contribution in [0.2, 0.25) is 0 Å². The van der Waals surface area contributed by atoms with Crippen molar-refractivity contribution in [2.24, 2.45) is 0 Å². The Bertz CT molecular complexity index is 459. The number of aliphatic hydroxyl groups is 1. The van der Waals surface area contributed by atoms with Crippen LogP contribution in [0.4, 0.5) is 0 Å². The molecule has 1 heterocycles. The van der Waals surface area contributed by atoms with Crippen molar-refractivity contribution in [1.82, 2.24) is 9.55 Å². The lowest BCUT2D eigenvalue weighted by atomic mass is 10.4. The van der Waals surface area contributed by atoms with Crippen LogP contribution >= 0.6 is 0 Å². The van der Waals surface area contributed by atoms with E-state index in [0.717, 1.165) is 0 Å². The minimum absolute atomic E-state index is 0.0267. The molecule has 17 heavy (non-hydrogen) atoms. The predicted octanol–water partition coefficient (Wildman–Crippen LogP) is 0.736. The van der Waals surface area contributed by atoms with E-state index in [4.69, 9.17) is 9.84 Å². The van der Waals surface area contributed by atoms with Crippen LogP contribution in [0.1, 0.15) is 13.3 Å². The lowest BCUT2D eigenvalue weighted by Gasteiger charge is -2.04. The second-order valence-electron chi connectivity index (χ2n) is 3.22. The Labute approximate surface area is 99.7 Å². The first-order valence-corrected chi connectivity index (χ1v) is 5.48. The molecular weight excluding hydrogens is 220 g/mol. The van der Waals surface area contributed by atoms with Crippen molar-refractivity contribution >= 4 is 0 Å². The third-order valence-electron chi connectivity index (χ3n) is 1.98. The molecular formula is C12H16N2O3. The third-order valence-corrected chi connectivity index (χ3v) is 1.98. The smallest absolute Gasteiger partial charge is 0.350 e. The first-order valence-electron chi connectivity index (χ1n) is 5.48. The van der Waals surface area contributed by atoms with Gasteiger partial charge in [0.25, 0.3) is 0 Å². The number of ether oxygens (including phenoxy) is 1. The van der Waals surface area contributed by atoms with E-state index in [0.29, 0.717) is 25.5 Å². The third kappa shape index (κ3) is 4.68. The molecule has 0 atom stereocenters. The summed E-state index contributed by atoms with van der Waals surface area (Å²) >= 11 is 0. The Kier molecular flexibility index (Phi) is 5.79. The van der Waals surface area contributed by atoms with Crippen molar-refractivity contribution in [1.29, 1.82) is 0 Å². The van der Waals surface area contributed by atoms with Gasteiger partial charge in [0.05, 0.1) is 13.2 Å². The monoisotopic (exact) mass is 236 g/mol. The molecule has 1 aromatic rings. The fourth-order valence-corrected chi connectivity index (χ4v) is 1.23. The van der Waals surface area contributed by atoms with Crippen molar-refractivity contribution in [2.45, 2.75) is 19.9 Å². The maximum absolute atomic E-state index is 11.5. The van der Waals surface area contributed by atoms with E-state index in [2.05, 4.69) is 10.7 Å². The van der Waals surface area contributed by atoms with E-state index in [9.17, 15) is 4.79 Å². The lowest BCUT2D eigenvalue weighted by molar-refractivity contribution is 0.323. The van der Waals surface area contributed by atoms with Crippen molar-refractivity contribution in [2.75, 3.05) is 13.2 Å². The average Bonchev–Trinajstić information content (AvgIpc) is 2.32. The van der Waals surface area contributed by atoms with Crippen LogP contribution in [0.5, 0.6) is 5.88 Å². The normalized spacial score (nSPS) is 9.53. The molecule has 0 fully saturated rings. The summed E-state index contributed by atoms with van der Waals surface area (Å²) in [6, 6.07) is 1.66. The van der Waals surface area contributed by atoms with Gasteiger partial charge >= 0.3 is 5.69 Å². The van der Waals surface area contributed by atoms with Crippen LogP contribution in [0.3, 0.4) is 0 Å². The SMILES string of the molecule is CCOc1ccn(CCC=C=CCO)c(=O)n1. The van der Waals surface area contributed by atoms with Crippen LogP contribution < -0.4 is 10.4 Å². The van der Waals surface area contributed by atoms with Gasteiger partial charge < -0.3 is 9.84 Å². The standard InChI is InChI=1S/C12H16N2O3/c1-2-17-11-7-9-14(12(16)13-11)8-5-3-4-6-10-15/h3,6-7,9,15H,2,5,8,10H2,1H3. The van der Waals surface area contributed by atoms with Crippen LogP contribution in [0.25, 0.3) is 0 Å². The second kappa shape index (κ2) is 7.44. The number of rotatable bonds is 6. The fourth-order valence-electron chi connectivity index (χ4n) is 1.23. The van der Waals surface area contributed by atoms with E-state index in [1.54, 1.807) is 18.3 Å². The summed E-state index contributed by atoms with van der Waals surface area (Å²) in [6.07, 6.45) is 5.59. The zero-order chi connectivity index (χ0) is 12.5. The van der Waals surface area contributed by atoms with E-state index < -0.39 is 0 Å². The molecule has 0 unspecified atom stereocenters. The molecule has 5 heteroatoms. The van der Waals surface area contributed by atoms with Gasteiger partial charge in [-0.15, -0.1) is 5.73 Å². The Balaban J connectivity index is 2.60. The molecule has 92 valence electrons. The van der Waals surface area contributed by atoms with Gasteiger partial charge in [0.1, 0.15) is 0 Å². The molecule has 0 bridgehead atoms. The first-order chi connectivity index (χ1) is 8.27. The molecule has 0 aliphatic rings. The number of aryl methyl sites for hydroxylation is 1. The van der Waals surface area contributed by atoms with Crippen LogP contribution in [0, 0.1) is 0 Å². The summed E-state index contributed by atoms with van der Waals surface area (Å²) < 4.78 is 6.62. The zero-order valence-electron chi connectivity index (χ0n) is 9.80. The van der Waals surface area contributed by atoms with Gasteiger partial charge in [-0.2, -0.15) is 4.98 Å². The number of aliphatic hydroxyl groups excluding tert-OH is 1. The Morgan fingerprint density at radius 2 is 2.41 bits per heavy atom. The molecule has 1 aromatic heterocycles. The Morgan fingerprint density at radius 1 is 1.59 bits per heavy atom. The predicted molar refractivity (Wildman–Crippen MR) is 64.0 cm³/mol. The van der Waals surface area contributed by atoms with Gasteiger partial charge in [-0.05, 0) is 25.5 Å². The minimum Gasteiger partial charge on any atom is -0.478 e. The minimum atomic E-state index is -0.324. The molecule has 0 aliphatic carbocycles. The summed E-state index contributed by atoms with van der Waals surface area (Å²) in [4.78, 5) is 15.3. The second-order valence-corrected chi connectivity index (χ2v) is 3.22. The summed E-state index contributed by atoms with van der Waals surface area (Å²) in [5.41, 5.74) is 2.47. The summed E-state index contributed by atoms with van der Waals surface area (Å²) in [5, 5.41) is 8.49. The molecule has 0 amide bonds. The number of nitrogens with zero attached hydrogens (tertiary/aromatic N) is 2. The zero-order valence-corrected chi connectivity index (χ0v) is 9.80. The highest BCUT2D eigenvalue weighted by molar-refractivity contribution is 5.05. The van der Waals surface area contributed by atoms with Crippen LogP contribution in [0.15, 0.2) is 34.9 Å². The number of hydrogen-bond donors (Lipinski definition) is 1. The van der Waals surface area contributed by atoms with Crippen LogP contribution in [-0.2, 0) is 6.54 Å². The Morgan fingerprint density at radius 3 is 3.06 bits per heavy atom. The van der Waals surface area contributed by atoms with Crippen LogP contribution in [-0.4, -0.2) is 27.9 Å². The molecule has 1 N–H and O–H groups in total. The van der Waals surface area contributed by atoms with E-state index >= 15 is 0 Å². The summed E-state index contributed by atoms with van der Waals surface area (Å²) in [6.45, 7) is 2.84. The summed E-state index contributed by atoms with van der Waals surface area (Å²) in [5.74, 6) is 0.351. The van der Waals surface area contributed by atoms with Crippen molar-refractivity contribution in [3.05, 3.63) is 40.6 Å². The van der Waals surface area contributed by atoms with Gasteiger partial charge in [-0.3, -0.25) is 4.57 Å².